The van der Waals surface area contributed by atoms with Gasteiger partial charge >= 0.3 is 12.1 Å². The van der Waals surface area contributed by atoms with Gasteiger partial charge in [0.25, 0.3) is 5.88 Å². The number of aliphatic carboxylic acids is 1. The molecule has 2 unspecified atom stereocenters. The number of alkyl halides is 4. The summed E-state index contributed by atoms with van der Waals surface area (Å²) in [7, 11) is 0. The fraction of sp³-hybridized carbons (Fsp3) is 0.526. The van der Waals surface area contributed by atoms with Crippen molar-refractivity contribution in [3.63, 3.8) is 0 Å². The molecule has 11 nitrogen and oxygen atoms in total. The van der Waals surface area contributed by atoms with Gasteiger partial charge in [-0.3, -0.25) is 14.1 Å². The van der Waals surface area contributed by atoms with E-state index in [2.05, 4.69) is 15.1 Å². The zero-order valence-electron chi connectivity index (χ0n) is 30.9. The van der Waals surface area contributed by atoms with Gasteiger partial charge in [0, 0.05) is 43.4 Å². The van der Waals surface area contributed by atoms with E-state index in [9.17, 15) is 32.0 Å². The summed E-state index contributed by atoms with van der Waals surface area (Å²) in [5, 5.41) is 17.7. The van der Waals surface area contributed by atoms with E-state index in [1.165, 1.54) is 12.3 Å². The maximum atomic E-state index is 14.4. The number of fused-ring (bicyclic) bond motifs is 2. The summed E-state index contributed by atoms with van der Waals surface area (Å²) in [5.41, 5.74) is 1.96. The molecule has 2 atom stereocenters. The molecule has 290 valence electrons. The number of carboxylic acids is 1. The number of pyridine rings is 2. The first kappa shape index (κ1) is 38.3. The minimum absolute atomic E-state index is 0.0116. The van der Waals surface area contributed by atoms with Gasteiger partial charge < -0.3 is 19.1 Å². The number of aromatic nitrogens is 4. The molecule has 2 fully saturated rings. The molecule has 1 spiro atoms. The summed E-state index contributed by atoms with van der Waals surface area (Å²) in [6, 6.07) is 8.92. The number of halogens is 4. The maximum Gasteiger partial charge on any atom is 0.452 e. The minimum atomic E-state index is -4.72. The highest BCUT2D eigenvalue weighted by Gasteiger charge is 2.53. The number of hydrogen-bond acceptors (Lipinski definition) is 9. The number of likely N-dealkylation sites (tertiary alicyclic amines) is 1. The smallest absolute Gasteiger partial charge is 0.452 e. The van der Waals surface area contributed by atoms with Crippen LogP contribution in [0.5, 0.6) is 11.8 Å². The number of benzene rings is 1. The van der Waals surface area contributed by atoms with Crippen LogP contribution < -0.4 is 9.47 Å². The standard InChI is InChI=1S/C38H44F4N6O5S/c1-22-6-7-25(30(36(4,5)35(49)50)28-10-15-48-31(24(28)3)44-45-34(48)38(40,41)42)19-26(22)20-47-21-37(11-12-37)53-33-29(54(47)51)18-23(2)32(43-33)52-17-16-46-13-8-27(39)9-14-46/h6-7,10,15,18-19,27,30H,8-9,11-14,16-17,20-21H2,1-5H3,(H,49,50). The first-order valence-corrected chi connectivity index (χ1v) is 19.2. The van der Waals surface area contributed by atoms with Gasteiger partial charge in [-0.05, 0) is 94.2 Å². The molecule has 0 bridgehead atoms. The van der Waals surface area contributed by atoms with E-state index in [-0.39, 0.29) is 18.1 Å². The molecule has 1 N–H and O–H groups in total. The zero-order chi connectivity index (χ0) is 38.7. The molecule has 4 aromatic rings. The van der Waals surface area contributed by atoms with Crippen molar-refractivity contribution < 1.29 is 41.5 Å². The van der Waals surface area contributed by atoms with Gasteiger partial charge in [-0.15, -0.1) is 14.5 Å². The monoisotopic (exact) mass is 772 g/mol. The molecule has 7 rings (SSSR count). The first-order chi connectivity index (χ1) is 25.5. The van der Waals surface area contributed by atoms with Gasteiger partial charge in [0.05, 0.1) is 29.9 Å². The number of aryl methyl sites for hydroxylation is 3. The van der Waals surface area contributed by atoms with Gasteiger partial charge in [0.1, 0.15) is 18.4 Å². The minimum Gasteiger partial charge on any atom is -0.593 e. The highest BCUT2D eigenvalue weighted by molar-refractivity contribution is 7.89. The van der Waals surface area contributed by atoms with Crippen molar-refractivity contribution >= 4 is 23.0 Å². The van der Waals surface area contributed by atoms with Crippen LogP contribution in [0.3, 0.4) is 0 Å². The molecule has 3 aliphatic rings. The Morgan fingerprint density at radius 1 is 1.11 bits per heavy atom. The van der Waals surface area contributed by atoms with E-state index >= 15 is 0 Å². The fourth-order valence-corrected chi connectivity index (χ4v) is 8.91. The maximum absolute atomic E-state index is 14.4. The third kappa shape index (κ3) is 7.37. The molecule has 1 aromatic carbocycles. The Hall–Kier alpha value is -3.99. The van der Waals surface area contributed by atoms with Crippen molar-refractivity contribution in [3.8, 4) is 11.8 Å². The predicted molar refractivity (Wildman–Crippen MR) is 192 cm³/mol. The average molecular weight is 773 g/mol. The summed E-state index contributed by atoms with van der Waals surface area (Å²) in [6.07, 6.45) is -1.68. The Balaban J connectivity index is 1.18. The van der Waals surface area contributed by atoms with Crippen molar-refractivity contribution in [2.75, 3.05) is 32.8 Å². The Bertz CT molecular complexity index is 2060. The number of nitrogens with zero attached hydrogens (tertiary/aromatic N) is 6. The van der Waals surface area contributed by atoms with Crippen LogP contribution in [0.2, 0.25) is 0 Å². The van der Waals surface area contributed by atoms with Crippen LogP contribution in [0.4, 0.5) is 17.6 Å². The first-order valence-electron chi connectivity index (χ1n) is 18.1. The lowest BCUT2D eigenvalue weighted by atomic mass is 9.70. The van der Waals surface area contributed by atoms with Crippen molar-refractivity contribution in [3.05, 3.63) is 75.7 Å². The highest BCUT2D eigenvalue weighted by Crippen LogP contribution is 2.48. The van der Waals surface area contributed by atoms with Crippen molar-refractivity contribution in [1.82, 2.24) is 28.8 Å². The Morgan fingerprint density at radius 2 is 1.83 bits per heavy atom. The number of ether oxygens (including phenoxy) is 2. The van der Waals surface area contributed by atoms with Crippen molar-refractivity contribution in [2.45, 2.75) is 95.6 Å². The molecule has 0 amide bonds. The van der Waals surface area contributed by atoms with Crippen LogP contribution in [0.1, 0.15) is 84.7 Å². The largest absolute Gasteiger partial charge is 0.593 e. The molecule has 3 aromatic heterocycles. The van der Waals surface area contributed by atoms with Crippen LogP contribution in [0, 0.1) is 26.2 Å². The second-order valence-corrected chi connectivity index (χ2v) is 16.8. The quantitative estimate of drug-likeness (QED) is 0.140. The van der Waals surface area contributed by atoms with Crippen LogP contribution in [0.15, 0.2) is 41.4 Å². The lowest BCUT2D eigenvalue weighted by Crippen LogP contribution is -2.38. The van der Waals surface area contributed by atoms with Crippen LogP contribution >= 0.6 is 0 Å². The van der Waals surface area contributed by atoms with E-state index in [4.69, 9.17) is 14.5 Å². The van der Waals surface area contributed by atoms with E-state index in [0.29, 0.717) is 78.7 Å². The summed E-state index contributed by atoms with van der Waals surface area (Å²) >= 11 is -1.68. The molecule has 1 aliphatic carbocycles. The molecule has 2 aliphatic heterocycles. The third-order valence-electron chi connectivity index (χ3n) is 11.0. The molecule has 1 saturated heterocycles. The lowest BCUT2D eigenvalue weighted by molar-refractivity contribution is -0.147. The van der Waals surface area contributed by atoms with Crippen molar-refractivity contribution in [1.29, 1.82) is 0 Å². The average Bonchev–Trinajstić information content (AvgIpc) is 3.73. The second-order valence-electron chi connectivity index (χ2n) is 15.4. The molecule has 54 heavy (non-hydrogen) atoms. The van der Waals surface area contributed by atoms with Crippen LogP contribution in [-0.2, 0) is 28.9 Å². The van der Waals surface area contributed by atoms with Gasteiger partial charge in [-0.25, -0.2) is 4.39 Å². The normalized spacial score (nSPS) is 20.1. The van der Waals surface area contributed by atoms with Gasteiger partial charge in [0.15, 0.2) is 5.65 Å². The van der Waals surface area contributed by atoms with Gasteiger partial charge in [0.2, 0.25) is 16.6 Å². The van der Waals surface area contributed by atoms with Gasteiger partial charge in [-0.1, -0.05) is 18.2 Å². The number of piperidine rings is 1. The molecule has 5 heterocycles. The number of hydrogen-bond donors (Lipinski definition) is 1. The summed E-state index contributed by atoms with van der Waals surface area (Å²) in [4.78, 5) is 20.1. The van der Waals surface area contributed by atoms with E-state index in [1.807, 2.05) is 36.4 Å². The number of rotatable bonds is 10. The highest BCUT2D eigenvalue weighted by atomic mass is 32.2. The SMILES string of the molecule is Cc1ccc(C(c2ccn3c(C(F)(F)F)nnc3c2C)C(C)(C)C(=O)O)cc1CN1CC2(CC2)Oc2nc(OCCN3CCC(F)CC3)c(C)cc2[S+]1[O-]. The van der Waals surface area contributed by atoms with Crippen molar-refractivity contribution in [2.24, 2.45) is 5.41 Å². The zero-order valence-corrected chi connectivity index (χ0v) is 31.7. The van der Waals surface area contributed by atoms with Crippen LogP contribution in [0.25, 0.3) is 5.65 Å². The topological polar surface area (TPSA) is 128 Å². The number of carboxylic acid groups (broad SMARTS) is 1. The Morgan fingerprint density at radius 3 is 2.50 bits per heavy atom. The molecule has 1 saturated carbocycles. The van der Waals surface area contributed by atoms with Gasteiger partial charge in [-0.2, -0.15) is 18.2 Å². The molecule has 16 heteroatoms. The Labute approximate surface area is 314 Å². The molecule has 0 radical (unpaired) electrons. The summed E-state index contributed by atoms with van der Waals surface area (Å²) in [5.74, 6) is -2.37. The second kappa shape index (κ2) is 14.3. The van der Waals surface area contributed by atoms with E-state index in [0.717, 1.165) is 28.4 Å². The fourth-order valence-electron chi connectivity index (χ4n) is 7.51. The molecular formula is C38H44F4N6O5S. The number of carbonyl (C=O) groups is 1. The van der Waals surface area contributed by atoms with Crippen LogP contribution in [-0.4, -0.2) is 89.0 Å². The Kier molecular flexibility index (Phi) is 10.1. The summed E-state index contributed by atoms with van der Waals surface area (Å²) < 4.78 is 84.2. The van der Waals surface area contributed by atoms with E-state index < -0.39 is 52.4 Å². The van der Waals surface area contributed by atoms with E-state index in [1.54, 1.807) is 26.8 Å². The lowest BCUT2D eigenvalue weighted by Gasteiger charge is -2.33. The summed E-state index contributed by atoms with van der Waals surface area (Å²) in [6.45, 7) is 11.6. The molecular weight excluding hydrogens is 729 g/mol. The third-order valence-corrected chi connectivity index (χ3v) is 12.4. The predicted octanol–water partition coefficient (Wildman–Crippen LogP) is 6.57.